The highest BCUT2D eigenvalue weighted by atomic mass is 32.1. The Labute approximate surface area is 575 Å². The van der Waals surface area contributed by atoms with Crippen LogP contribution in [0, 0.1) is 6.92 Å². The molecule has 102 heavy (non-hydrogen) atoms. The zero-order chi connectivity index (χ0) is 73.1. The van der Waals surface area contributed by atoms with E-state index in [4.69, 9.17) is 9.05 Å². The van der Waals surface area contributed by atoms with E-state index in [1.807, 2.05) is 22.9 Å². The summed E-state index contributed by atoms with van der Waals surface area (Å²) < 4.78 is 216. The average molecular weight is 1470 g/mol. The van der Waals surface area contributed by atoms with Crippen molar-refractivity contribution < 1.29 is 94.0 Å². The van der Waals surface area contributed by atoms with Crippen LogP contribution in [0.3, 0.4) is 0 Å². The maximum Gasteiger partial charge on any atom is 0.418 e. The SMILES string of the molecule is C.CC(F)(F)c1ccc(-n2cc(NC(=O)c3cc(-c4cccs4)on3)cn2)c(C(F)(F)F)c1.CC1=[N+](Cc2ccc(C(F)(F)F)cc2C(C)(F)F)N=CC1NC(=O)c1cc(-c2cccs2)on1.Cc1nn(-c2ccc(C(C)(F)F)cc2C(F)(F)F)cc1NC(=O)c1cncc(-c2ccccn2)c1. The summed E-state index contributed by atoms with van der Waals surface area (Å²) in [6.45, 7) is 4.50. The highest BCUT2D eigenvalue weighted by Gasteiger charge is 2.41. The molecule has 0 aliphatic carbocycles. The van der Waals surface area contributed by atoms with Gasteiger partial charge in [-0.2, -0.15) is 49.7 Å². The fourth-order valence-electron chi connectivity index (χ4n) is 9.65. The quantitative estimate of drug-likeness (QED) is 0.0611. The second-order valence-corrected chi connectivity index (χ2v) is 24.2. The fourth-order valence-corrected chi connectivity index (χ4v) is 11.0. The molecule has 1 atom stereocenters. The van der Waals surface area contributed by atoms with Gasteiger partial charge in [0.25, 0.3) is 35.5 Å². The van der Waals surface area contributed by atoms with E-state index in [0.717, 1.165) is 67.9 Å². The van der Waals surface area contributed by atoms with Gasteiger partial charge in [0, 0.05) is 86.2 Å². The summed E-state index contributed by atoms with van der Waals surface area (Å²) in [6.07, 6.45) is -5.21. The number of hydrogen-bond acceptors (Lipinski definition) is 14. The maximum atomic E-state index is 14.1. The van der Waals surface area contributed by atoms with E-state index in [1.54, 1.807) is 55.7 Å². The lowest BCUT2D eigenvalue weighted by atomic mass is 9.99. The Kier molecular flexibility index (Phi) is 21.8. The Hall–Kier alpha value is -11.1. The Bertz CT molecular complexity index is 4870. The summed E-state index contributed by atoms with van der Waals surface area (Å²) in [5.74, 6) is -11.3. The summed E-state index contributed by atoms with van der Waals surface area (Å²) >= 11 is 2.82. The minimum Gasteiger partial charge on any atom is -0.355 e. The predicted octanol–water partition coefficient (Wildman–Crippen LogP) is 17.9. The van der Waals surface area contributed by atoms with Crippen molar-refractivity contribution in [3.63, 3.8) is 0 Å². The lowest BCUT2D eigenvalue weighted by Crippen LogP contribution is -2.40. The number of aromatic nitrogens is 8. The summed E-state index contributed by atoms with van der Waals surface area (Å²) in [6, 6.07) is 23.0. The summed E-state index contributed by atoms with van der Waals surface area (Å²) in [7, 11) is 0. The summed E-state index contributed by atoms with van der Waals surface area (Å²) in [5.41, 5.74) is -4.53. The summed E-state index contributed by atoms with van der Waals surface area (Å²) in [4.78, 5) is 47.6. The Morgan fingerprint density at radius 2 is 1.15 bits per heavy atom. The highest BCUT2D eigenvalue weighted by Crippen LogP contribution is 2.42. The van der Waals surface area contributed by atoms with Gasteiger partial charge in [0.05, 0.1) is 84.7 Å². The van der Waals surface area contributed by atoms with Crippen LogP contribution in [0.15, 0.2) is 177 Å². The van der Waals surface area contributed by atoms with Crippen LogP contribution in [0.2, 0.25) is 0 Å². The molecule has 35 heteroatoms. The minimum atomic E-state index is -4.91. The van der Waals surface area contributed by atoms with Crippen molar-refractivity contribution in [1.29, 1.82) is 0 Å². The highest BCUT2D eigenvalue weighted by molar-refractivity contribution is 7.13. The second kappa shape index (κ2) is 29.6. The number of halogens is 15. The van der Waals surface area contributed by atoms with Crippen molar-refractivity contribution >= 4 is 63.7 Å². The first-order valence-electron chi connectivity index (χ1n) is 29.2. The van der Waals surface area contributed by atoms with Crippen LogP contribution >= 0.6 is 22.7 Å². The van der Waals surface area contributed by atoms with E-state index in [-0.39, 0.29) is 53.6 Å². The smallest absolute Gasteiger partial charge is 0.355 e. The van der Waals surface area contributed by atoms with Crippen molar-refractivity contribution in [2.75, 3.05) is 10.6 Å². The van der Waals surface area contributed by atoms with E-state index in [0.29, 0.717) is 67.5 Å². The molecule has 532 valence electrons. The first kappa shape index (κ1) is 75.1. The van der Waals surface area contributed by atoms with Crippen LogP contribution in [0.25, 0.3) is 43.9 Å². The van der Waals surface area contributed by atoms with Crippen LogP contribution in [-0.2, 0) is 42.8 Å². The number of thiophene rings is 2. The number of alkyl halides is 15. The number of amides is 3. The van der Waals surface area contributed by atoms with Crippen molar-refractivity contribution in [3.8, 4) is 43.9 Å². The molecule has 1 aliphatic rings. The van der Waals surface area contributed by atoms with Crippen LogP contribution < -0.4 is 16.0 Å². The molecule has 8 aromatic heterocycles. The molecule has 11 aromatic rings. The van der Waals surface area contributed by atoms with Gasteiger partial charge in [-0.3, -0.25) is 24.4 Å². The molecule has 18 nitrogen and oxygen atoms in total. The van der Waals surface area contributed by atoms with Gasteiger partial charge in [-0.1, -0.05) is 58.8 Å². The lowest BCUT2D eigenvalue weighted by molar-refractivity contribution is -0.547. The van der Waals surface area contributed by atoms with Crippen molar-refractivity contribution in [2.45, 2.75) is 90.9 Å². The standard InChI is InChI=1S/C24H18F5N5O.C22H17F5N4O2S.C20H13F5N4O2S.CH4/c1-14-20(32-22(35)16-9-15(11-30-12-16)19-5-3-4-8-31-19)13-34(33-14)21-7-6-17(23(2,25)26)10-18(21)24(27,28)29;1-12-17(29-20(32)16-9-18(33-30-16)19-4-3-7-34-19)10-28-31(12)11-13-5-6-14(22(25,26)27)8-15(13)21(2,23)24;1-19(21,22)11-4-5-15(13(7-11)20(23,24)25)29-10-12(9-26-29)27-18(30)14-8-16(31-28-14)17-3-2-6-32-17;/h3-13H,1-2H3,(H,32,35);3-10,17H,11H2,1-2H3;2-10H,1H3,(H,27,30);1H4/p+1. The third kappa shape index (κ3) is 17.9. The predicted molar refractivity (Wildman–Crippen MR) is 346 cm³/mol. The number of nitrogens with zero attached hydrogens (tertiary/aromatic N) is 10. The molecular formula is C67H53F15N13O5S2+. The van der Waals surface area contributed by atoms with Gasteiger partial charge in [-0.25, -0.2) is 35.7 Å². The molecule has 0 spiro atoms. The minimum absolute atomic E-state index is 0. The fraction of sp³-hybridized carbons (Fsp3) is 0.209. The van der Waals surface area contributed by atoms with Crippen LogP contribution in [0.5, 0.6) is 0 Å². The van der Waals surface area contributed by atoms with Crippen molar-refractivity contribution in [3.05, 3.63) is 225 Å². The Morgan fingerprint density at radius 3 is 1.68 bits per heavy atom. The lowest BCUT2D eigenvalue weighted by Gasteiger charge is -2.17. The van der Waals surface area contributed by atoms with Gasteiger partial charge in [-0.15, -0.1) is 22.7 Å². The third-order valence-corrected chi connectivity index (χ3v) is 16.6. The van der Waals surface area contributed by atoms with Crippen LogP contribution in [-0.4, -0.2) is 80.2 Å². The molecule has 3 N–H and O–H groups in total. The number of rotatable bonds is 16. The number of benzene rings is 3. The molecule has 3 aromatic carbocycles. The molecule has 0 bridgehead atoms. The molecule has 1 aliphatic heterocycles. The topological polar surface area (TPSA) is 216 Å². The van der Waals surface area contributed by atoms with Gasteiger partial charge in [0.15, 0.2) is 35.5 Å². The van der Waals surface area contributed by atoms with E-state index >= 15 is 0 Å². The first-order valence-corrected chi connectivity index (χ1v) is 31.0. The number of nitrogens with one attached hydrogen (secondary N) is 3. The largest absolute Gasteiger partial charge is 0.418 e. The molecular weight excluding hydrogens is 1420 g/mol. The molecule has 0 radical (unpaired) electrons. The zero-order valence-electron chi connectivity index (χ0n) is 52.4. The van der Waals surface area contributed by atoms with E-state index in [2.05, 4.69) is 51.5 Å². The Balaban J connectivity index is 0.000000177. The molecule has 0 saturated carbocycles. The Morgan fingerprint density at radius 1 is 0.578 bits per heavy atom. The number of pyridine rings is 2. The normalized spacial score (nSPS) is 13.4. The van der Waals surface area contributed by atoms with E-state index < -0.39 is 105 Å². The maximum absolute atomic E-state index is 14.1. The van der Waals surface area contributed by atoms with E-state index in [1.165, 1.54) is 65.0 Å². The van der Waals surface area contributed by atoms with Gasteiger partial charge in [-0.05, 0) is 89.5 Å². The van der Waals surface area contributed by atoms with Gasteiger partial charge < -0.3 is 25.0 Å². The molecule has 12 rings (SSSR count). The number of hydrogen-bond donors (Lipinski definition) is 3. The molecule has 0 fully saturated rings. The molecule has 0 saturated heterocycles. The van der Waals surface area contributed by atoms with Crippen LogP contribution in [0.1, 0.15) is 111 Å². The number of hydrazone groups is 1. The summed E-state index contributed by atoms with van der Waals surface area (Å²) in [5, 5.41) is 30.9. The van der Waals surface area contributed by atoms with E-state index in [9.17, 15) is 80.2 Å². The zero-order valence-corrected chi connectivity index (χ0v) is 54.1. The first-order chi connectivity index (χ1) is 47.4. The van der Waals surface area contributed by atoms with Gasteiger partial charge in [0.2, 0.25) is 5.71 Å². The van der Waals surface area contributed by atoms with Crippen molar-refractivity contribution in [2.24, 2.45) is 5.10 Å². The average Bonchev–Trinajstić information content (AvgIpc) is 1.51. The number of anilines is 2. The van der Waals surface area contributed by atoms with Gasteiger partial charge in [0.1, 0.15) is 6.21 Å². The molecule has 9 heterocycles. The second-order valence-electron chi connectivity index (χ2n) is 22.3. The van der Waals surface area contributed by atoms with Gasteiger partial charge >= 0.3 is 18.5 Å². The third-order valence-electron chi connectivity index (χ3n) is 14.8. The molecule has 1 unspecified atom stereocenters. The van der Waals surface area contributed by atoms with Crippen LogP contribution in [0.4, 0.5) is 77.2 Å². The monoisotopic (exact) mass is 1470 g/mol. The molecule has 3 amide bonds. The van der Waals surface area contributed by atoms with Crippen molar-refractivity contribution in [1.82, 2.24) is 45.2 Å². The number of carbonyl (C=O) groups is 3. The number of aryl methyl sites for hydroxylation is 1. The number of carbonyl (C=O) groups excluding carboxylic acids is 3.